The van der Waals surface area contributed by atoms with E-state index in [2.05, 4.69) is 17.2 Å². The molecule has 1 aliphatic heterocycles. The molecule has 0 bridgehead atoms. The number of nitrogens with one attached hydrogen (secondary N) is 1. The molecular weight excluding hydrogens is 420 g/mol. The lowest BCUT2D eigenvalue weighted by Gasteiger charge is -2.29. The minimum atomic E-state index is -3.61. The molecule has 3 heterocycles. The average Bonchev–Trinajstić information content (AvgIpc) is 3.32. The van der Waals surface area contributed by atoms with Gasteiger partial charge in [-0.2, -0.15) is 4.31 Å². The van der Waals surface area contributed by atoms with Crippen LogP contribution in [0.5, 0.6) is 0 Å². The number of nitrogens with zero attached hydrogens (tertiary/aromatic N) is 3. The Bertz CT molecular complexity index is 1190. The van der Waals surface area contributed by atoms with Gasteiger partial charge in [0, 0.05) is 32.4 Å². The quantitative estimate of drug-likeness (QED) is 0.652. The minimum absolute atomic E-state index is 0.217. The second-order valence-electron chi connectivity index (χ2n) is 7.93. The third kappa shape index (κ3) is 3.77. The van der Waals surface area contributed by atoms with Crippen molar-refractivity contribution in [2.24, 2.45) is 13.0 Å². The van der Waals surface area contributed by atoms with E-state index in [1.54, 1.807) is 28.4 Å². The van der Waals surface area contributed by atoms with Crippen molar-refractivity contribution in [1.29, 1.82) is 0 Å². The van der Waals surface area contributed by atoms with Crippen LogP contribution in [0.25, 0.3) is 10.2 Å². The molecule has 9 heteroatoms. The zero-order valence-corrected chi connectivity index (χ0v) is 19.0. The number of benzene rings is 1. The van der Waals surface area contributed by atoms with Crippen LogP contribution in [0.15, 0.2) is 34.7 Å². The van der Waals surface area contributed by atoms with Crippen molar-refractivity contribution < 1.29 is 13.2 Å². The van der Waals surface area contributed by atoms with Crippen molar-refractivity contribution in [1.82, 2.24) is 19.2 Å². The van der Waals surface area contributed by atoms with E-state index in [0.717, 1.165) is 28.6 Å². The first-order chi connectivity index (χ1) is 14.3. The average molecular weight is 447 g/mol. The van der Waals surface area contributed by atoms with Crippen molar-refractivity contribution in [3.8, 4) is 0 Å². The van der Waals surface area contributed by atoms with Crippen LogP contribution in [0.2, 0.25) is 0 Å². The van der Waals surface area contributed by atoms with Crippen molar-refractivity contribution in [3.63, 3.8) is 0 Å². The summed E-state index contributed by atoms with van der Waals surface area (Å²) in [6, 6.07) is 7.33. The fraction of sp³-hybridized carbons (Fsp3) is 0.429. The van der Waals surface area contributed by atoms with Gasteiger partial charge in [0.2, 0.25) is 10.0 Å². The molecule has 1 saturated heterocycles. The van der Waals surface area contributed by atoms with Gasteiger partial charge in [0.25, 0.3) is 5.91 Å². The number of hydrogen-bond acceptors (Lipinski definition) is 5. The summed E-state index contributed by atoms with van der Waals surface area (Å²) in [6.45, 7) is 5.30. The molecule has 0 saturated carbocycles. The Labute approximate surface area is 180 Å². The first-order valence-electron chi connectivity index (χ1n) is 10.0. The first-order valence-corrected chi connectivity index (χ1v) is 12.4. The number of sulfonamides is 1. The fourth-order valence-electron chi connectivity index (χ4n) is 3.86. The SMILES string of the molecule is Cc1c(S(=O)(=O)N2CCC(C)CC2)cc(C(=O)NCc2cccc3ncsc23)n1C. The van der Waals surface area contributed by atoms with Crippen LogP contribution >= 0.6 is 11.3 Å². The molecule has 1 N–H and O–H groups in total. The second-order valence-corrected chi connectivity index (χ2v) is 10.7. The van der Waals surface area contributed by atoms with Gasteiger partial charge in [-0.3, -0.25) is 4.79 Å². The van der Waals surface area contributed by atoms with Crippen LogP contribution in [0.4, 0.5) is 0 Å². The number of aromatic nitrogens is 2. The number of hydrogen-bond donors (Lipinski definition) is 1. The van der Waals surface area contributed by atoms with Crippen molar-refractivity contribution in [2.45, 2.75) is 38.1 Å². The summed E-state index contributed by atoms with van der Waals surface area (Å²) in [5.74, 6) is 0.244. The molecule has 4 rings (SSSR count). The number of fused-ring (bicyclic) bond motifs is 1. The highest BCUT2D eigenvalue weighted by Gasteiger charge is 2.32. The fourth-order valence-corrected chi connectivity index (χ4v) is 6.41. The lowest BCUT2D eigenvalue weighted by Crippen LogP contribution is -2.38. The predicted molar refractivity (Wildman–Crippen MR) is 118 cm³/mol. The smallest absolute Gasteiger partial charge is 0.268 e. The van der Waals surface area contributed by atoms with E-state index in [0.29, 0.717) is 36.9 Å². The number of rotatable bonds is 5. The van der Waals surface area contributed by atoms with Gasteiger partial charge in [-0.15, -0.1) is 11.3 Å². The van der Waals surface area contributed by atoms with Crippen LogP contribution in [-0.4, -0.2) is 41.3 Å². The third-order valence-corrected chi connectivity index (χ3v) is 8.89. The van der Waals surface area contributed by atoms with Crippen LogP contribution in [0, 0.1) is 12.8 Å². The molecule has 2 aromatic heterocycles. The summed E-state index contributed by atoms with van der Waals surface area (Å²) in [5, 5.41) is 2.93. The molecule has 1 fully saturated rings. The van der Waals surface area contributed by atoms with Crippen molar-refractivity contribution in [3.05, 3.63) is 46.7 Å². The minimum Gasteiger partial charge on any atom is -0.347 e. The van der Waals surface area contributed by atoms with Gasteiger partial charge in [-0.05, 0) is 43.4 Å². The lowest BCUT2D eigenvalue weighted by molar-refractivity contribution is 0.0942. The molecule has 7 nitrogen and oxygen atoms in total. The monoisotopic (exact) mass is 446 g/mol. The highest BCUT2D eigenvalue weighted by atomic mass is 32.2. The van der Waals surface area contributed by atoms with Crippen LogP contribution in [0.3, 0.4) is 0 Å². The zero-order chi connectivity index (χ0) is 21.5. The van der Waals surface area contributed by atoms with E-state index in [4.69, 9.17) is 0 Å². The van der Waals surface area contributed by atoms with Gasteiger partial charge >= 0.3 is 0 Å². The summed E-state index contributed by atoms with van der Waals surface area (Å²) in [7, 11) is -1.89. The molecule has 3 aromatic rings. The molecule has 1 amide bonds. The molecule has 30 heavy (non-hydrogen) atoms. The first kappa shape index (κ1) is 21.0. The number of piperidine rings is 1. The molecule has 0 aliphatic carbocycles. The number of thiazole rings is 1. The normalized spacial score (nSPS) is 16.2. The molecule has 1 aromatic carbocycles. The van der Waals surface area contributed by atoms with Gasteiger partial charge in [0.1, 0.15) is 10.6 Å². The van der Waals surface area contributed by atoms with Crippen LogP contribution < -0.4 is 5.32 Å². The molecule has 160 valence electrons. The maximum atomic E-state index is 13.2. The Morgan fingerprint density at radius 1 is 1.30 bits per heavy atom. The number of amides is 1. The third-order valence-electron chi connectivity index (χ3n) is 5.96. The molecule has 0 unspecified atom stereocenters. The van der Waals surface area contributed by atoms with Crippen LogP contribution in [0.1, 0.15) is 41.5 Å². The summed E-state index contributed by atoms with van der Waals surface area (Å²) >= 11 is 1.54. The van der Waals surface area contributed by atoms with Gasteiger partial charge in [0.05, 0.1) is 15.7 Å². The zero-order valence-electron chi connectivity index (χ0n) is 17.4. The molecule has 0 spiro atoms. The number of carbonyl (C=O) groups excluding carboxylic acids is 1. The van der Waals surface area contributed by atoms with Crippen molar-refractivity contribution in [2.75, 3.05) is 13.1 Å². The van der Waals surface area contributed by atoms with Crippen LogP contribution in [-0.2, 0) is 23.6 Å². The highest BCUT2D eigenvalue weighted by molar-refractivity contribution is 7.89. The largest absolute Gasteiger partial charge is 0.347 e. The van der Waals surface area contributed by atoms with Gasteiger partial charge in [-0.1, -0.05) is 19.1 Å². The Hall–Kier alpha value is -2.23. The molecule has 0 atom stereocenters. The second kappa shape index (κ2) is 8.13. The maximum Gasteiger partial charge on any atom is 0.268 e. The van der Waals surface area contributed by atoms with E-state index in [1.807, 2.05) is 18.2 Å². The van der Waals surface area contributed by atoms with Gasteiger partial charge < -0.3 is 9.88 Å². The van der Waals surface area contributed by atoms with E-state index < -0.39 is 10.0 Å². The highest BCUT2D eigenvalue weighted by Crippen LogP contribution is 2.27. The molecule has 0 radical (unpaired) electrons. The number of carbonyl (C=O) groups is 1. The Morgan fingerprint density at radius 3 is 2.77 bits per heavy atom. The lowest BCUT2D eigenvalue weighted by atomic mass is 10.0. The Kier molecular flexibility index (Phi) is 5.69. The topological polar surface area (TPSA) is 84.3 Å². The summed E-state index contributed by atoms with van der Waals surface area (Å²) in [4.78, 5) is 17.4. The van der Waals surface area contributed by atoms with E-state index in [1.165, 1.54) is 17.4 Å². The van der Waals surface area contributed by atoms with Crippen molar-refractivity contribution >= 4 is 37.5 Å². The van der Waals surface area contributed by atoms with Gasteiger partial charge in [0.15, 0.2) is 0 Å². The summed E-state index contributed by atoms with van der Waals surface area (Å²) in [5.41, 5.74) is 4.60. The Morgan fingerprint density at radius 2 is 2.03 bits per heavy atom. The predicted octanol–water partition coefficient (Wildman–Crippen LogP) is 3.29. The summed E-state index contributed by atoms with van der Waals surface area (Å²) < 4.78 is 30.6. The Balaban J connectivity index is 1.55. The molecule has 1 aliphatic rings. The van der Waals surface area contributed by atoms with Gasteiger partial charge in [-0.25, -0.2) is 13.4 Å². The van der Waals surface area contributed by atoms with E-state index in [9.17, 15) is 13.2 Å². The standard InChI is InChI=1S/C21H26N4O3S2/c1-14-7-9-25(10-8-14)30(27,28)19-11-18(24(3)15(19)2)21(26)22-12-16-5-4-6-17-20(16)29-13-23-17/h4-6,11,13-14H,7-10,12H2,1-3H3,(H,22,26). The van der Waals surface area contributed by atoms with E-state index in [-0.39, 0.29) is 10.8 Å². The summed E-state index contributed by atoms with van der Waals surface area (Å²) in [6.07, 6.45) is 1.73. The maximum absolute atomic E-state index is 13.2. The molecular formula is C21H26N4O3S2. The van der Waals surface area contributed by atoms with E-state index >= 15 is 0 Å².